The molecule has 0 heterocycles. The number of nitrogens with zero attached hydrogens (tertiary/aromatic N) is 1. The fourth-order valence-electron chi connectivity index (χ4n) is 5.34. The maximum Gasteiger partial charge on any atom is 0.266 e. The Morgan fingerprint density at radius 2 is 0.917 bits per heavy atom. The van der Waals surface area contributed by atoms with E-state index in [0.29, 0.717) is 0 Å². The summed E-state index contributed by atoms with van der Waals surface area (Å²) in [6.07, 6.45) is 0. The minimum atomic E-state index is -2.83. The summed E-state index contributed by atoms with van der Waals surface area (Å²) < 4.78 is 32.7. The molecule has 5 heteroatoms. The number of rotatable bonds is 4. The smallest absolute Gasteiger partial charge is 0.266 e. The first-order valence-corrected chi connectivity index (χ1v) is 13.5. The van der Waals surface area contributed by atoms with E-state index in [1.165, 1.54) is 0 Å². The topological polar surface area (TPSA) is 3.24 Å². The molecular formula is C31H27Br2F2N. The van der Waals surface area contributed by atoms with Crippen molar-refractivity contribution >= 4 is 48.9 Å². The molecule has 0 bridgehead atoms. The van der Waals surface area contributed by atoms with Gasteiger partial charge in [-0.05, 0) is 111 Å². The van der Waals surface area contributed by atoms with Crippen molar-refractivity contribution in [2.24, 2.45) is 0 Å². The Kier molecular flexibility index (Phi) is 6.16. The molecule has 0 saturated carbocycles. The van der Waals surface area contributed by atoms with Crippen molar-refractivity contribution in [3.63, 3.8) is 0 Å². The van der Waals surface area contributed by atoms with Gasteiger partial charge >= 0.3 is 0 Å². The molecule has 0 atom stereocenters. The molecule has 0 radical (unpaired) electrons. The zero-order valence-corrected chi connectivity index (χ0v) is 23.8. The van der Waals surface area contributed by atoms with Gasteiger partial charge in [-0.15, -0.1) is 0 Å². The van der Waals surface area contributed by atoms with Crippen LogP contribution >= 0.6 is 31.9 Å². The SMILES string of the molecule is CC1(C)c2ccc(-c3ccc(N(c4ccc(Br)cc4)c4ccc(Br)cc4)cc3)cc2C(C)(C)C1(F)F. The van der Waals surface area contributed by atoms with Gasteiger partial charge in [0.25, 0.3) is 5.92 Å². The molecular weight excluding hydrogens is 584 g/mol. The number of anilines is 3. The fraction of sp³-hybridized carbons (Fsp3) is 0.226. The normalized spacial score (nSPS) is 17.0. The number of hydrogen-bond donors (Lipinski definition) is 0. The van der Waals surface area contributed by atoms with Crippen LogP contribution in [0, 0.1) is 0 Å². The quantitative estimate of drug-likeness (QED) is 0.222. The third-order valence-electron chi connectivity index (χ3n) is 7.56. The van der Waals surface area contributed by atoms with E-state index in [0.717, 1.165) is 48.3 Å². The van der Waals surface area contributed by atoms with Crippen LogP contribution in [0.1, 0.15) is 38.8 Å². The molecule has 5 rings (SSSR count). The maximum absolute atomic E-state index is 15.3. The molecule has 0 saturated heterocycles. The standard InChI is InChI=1S/C31H27Br2F2N/c1-29(2)27-18-7-21(19-28(27)30(3,4)31(29,34)35)20-5-12-24(13-6-20)36(25-14-8-22(32)9-15-25)26-16-10-23(33)11-17-26/h5-19H,1-4H3. The lowest BCUT2D eigenvalue weighted by atomic mass is 9.77. The lowest BCUT2D eigenvalue weighted by Crippen LogP contribution is -2.46. The largest absolute Gasteiger partial charge is 0.311 e. The number of benzene rings is 4. The average molecular weight is 611 g/mol. The summed E-state index contributed by atoms with van der Waals surface area (Å²) >= 11 is 7.05. The Balaban J connectivity index is 1.55. The Labute approximate surface area is 228 Å². The van der Waals surface area contributed by atoms with E-state index in [9.17, 15) is 0 Å². The second-order valence-electron chi connectivity index (χ2n) is 10.4. The van der Waals surface area contributed by atoms with Crippen molar-refractivity contribution in [3.05, 3.63) is 111 Å². The predicted octanol–water partition coefficient (Wildman–Crippen LogP) is 10.6. The van der Waals surface area contributed by atoms with Crippen molar-refractivity contribution < 1.29 is 8.78 Å². The summed E-state index contributed by atoms with van der Waals surface area (Å²) in [7, 11) is 0. The van der Waals surface area contributed by atoms with Crippen LogP contribution in [0.4, 0.5) is 25.8 Å². The summed E-state index contributed by atoms with van der Waals surface area (Å²) in [6.45, 7) is 6.60. The Hall–Kier alpha value is -2.50. The van der Waals surface area contributed by atoms with E-state index in [-0.39, 0.29) is 0 Å². The second kappa shape index (κ2) is 8.81. The van der Waals surface area contributed by atoms with E-state index < -0.39 is 16.8 Å². The van der Waals surface area contributed by atoms with Gasteiger partial charge in [-0.25, -0.2) is 8.78 Å². The molecule has 36 heavy (non-hydrogen) atoms. The molecule has 0 amide bonds. The van der Waals surface area contributed by atoms with Crippen molar-refractivity contribution in [1.29, 1.82) is 0 Å². The van der Waals surface area contributed by atoms with Gasteiger partial charge in [0, 0.05) is 26.0 Å². The third-order valence-corrected chi connectivity index (χ3v) is 8.62. The first-order valence-electron chi connectivity index (χ1n) is 11.9. The second-order valence-corrected chi connectivity index (χ2v) is 12.3. The number of hydrogen-bond acceptors (Lipinski definition) is 1. The maximum atomic E-state index is 15.3. The Morgan fingerprint density at radius 1 is 0.528 bits per heavy atom. The van der Waals surface area contributed by atoms with Crippen LogP contribution in [0.3, 0.4) is 0 Å². The highest BCUT2D eigenvalue weighted by Gasteiger charge is 2.65. The van der Waals surface area contributed by atoms with Gasteiger partial charge in [-0.2, -0.15) is 0 Å². The van der Waals surface area contributed by atoms with Crippen LogP contribution in [0.5, 0.6) is 0 Å². The first-order chi connectivity index (χ1) is 16.9. The van der Waals surface area contributed by atoms with E-state index >= 15 is 8.78 Å². The third kappa shape index (κ3) is 3.92. The summed E-state index contributed by atoms with van der Waals surface area (Å²) in [4.78, 5) is 2.19. The van der Waals surface area contributed by atoms with E-state index in [1.54, 1.807) is 27.7 Å². The van der Waals surface area contributed by atoms with Gasteiger partial charge in [0.2, 0.25) is 0 Å². The van der Waals surface area contributed by atoms with Crippen LogP contribution < -0.4 is 4.90 Å². The summed E-state index contributed by atoms with van der Waals surface area (Å²) in [5.74, 6) is -2.83. The van der Waals surface area contributed by atoms with Gasteiger partial charge in [-0.1, -0.05) is 62.2 Å². The van der Waals surface area contributed by atoms with Crippen molar-refractivity contribution in [3.8, 4) is 11.1 Å². The number of fused-ring (bicyclic) bond motifs is 1. The van der Waals surface area contributed by atoms with E-state index in [1.807, 2.05) is 42.5 Å². The van der Waals surface area contributed by atoms with Gasteiger partial charge < -0.3 is 4.90 Å². The molecule has 184 valence electrons. The molecule has 0 N–H and O–H groups in total. The monoisotopic (exact) mass is 609 g/mol. The van der Waals surface area contributed by atoms with Crippen LogP contribution in [-0.2, 0) is 10.8 Å². The van der Waals surface area contributed by atoms with Gasteiger partial charge in [0.15, 0.2) is 0 Å². The molecule has 1 nitrogen and oxygen atoms in total. The minimum absolute atomic E-state index is 0.727. The zero-order chi connectivity index (χ0) is 25.9. The van der Waals surface area contributed by atoms with Crippen LogP contribution in [-0.4, -0.2) is 5.92 Å². The molecule has 0 aliphatic heterocycles. The highest BCUT2D eigenvalue weighted by Crippen LogP contribution is 2.59. The van der Waals surface area contributed by atoms with Gasteiger partial charge in [-0.3, -0.25) is 0 Å². The van der Waals surface area contributed by atoms with Crippen LogP contribution in [0.15, 0.2) is 99.9 Å². The Morgan fingerprint density at radius 3 is 1.39 bits per heavy atom. The van der Waals surface area contributed by atoms with Gasteiger partial charge in [0.05, 0.1) is 10.8 Å². The number of halogens is 4. The predicted molar refractivity (Wildman–Crippen MR) is 153 cm³/mol. The lowest BCUT2D eigenvalue weighted by Gasteiger charge is -2.35. The summed E-state index contributed by atoms with van der Waals surface area (Å²) in [5, 5.41) is 0. The molecule has 4 aromatic rings. The molecule has 4 aromatic carbocycles. The van der Waals surface area contributed by atoms with Crippen molar-refractivity contribution in [2.75, 3.05) is 4.90 Å². The summed E-state index contributed by atoms with van der Waals surface area (Å²) in [5.41, 5.74) is 4.05. The van der Waals surface area contributed by atoms with Gasteiger partial charge in [0.1, 0.15) is 0 Å². The molecule has 1 aliphatic carbocycles. The molecule has 1 aliphatic rings. The molecule has 0 spiro atoms. The zero-order valence-electron chi connectivity index (χ0n) is 20.6. The van der Waals surface area contributed by atoms with Crippen molar-refractivity contribution in [1.82, 2.24) is 0 Å². The highest BCUT2D eigenvalue weighted by atomic mass is 79.9. The fourth-order valence-corrected chi connectivity index (χ4v) is 5.86. The summed E-state index contributed by atoms with van der Waals surface area (Å²) in [6, 6.07) is 30.5. The van der Waals surface area contributed by atoms with E-state index in [4.69, 9.17) is 0 Å². The first kappa shape index (κ1) is 25.2. The van der Waals surface area contributed by atoms with Crippen LogP contribution in [0.2, 0.25) is 0 Å². The Bertz CT molecular complexity index is 1360. The molecule has 0 aromatic heterocycles. The lowest BCUT2D eigenvalue weighted by molar-refractivity contribution is -0.105. The van der Waals surface area contributed by atoms with Crippen LogP contribution in [0.25, 0.3) is 11.1 Å². The average Bonchev–Trinajstić information content (AvgIpc) is 2.96. The highest BCUT2D eigenvalue weighted by molar-refractivity contribution is 9.10. The number of alkyl halides is 2. The molecule has 0 fully saturated rings. The molecule has 0 unspecified atom stereocenters. The van der Waals surface area contributed by atoms with Crippen molar-refractivity contribution in [2.45, 2.75) is 44.4 Å². The minimum Gasteiger partial charge on any atom is -0.311 e. The van der Waals surface area contributed by atoms with E-state index in [2.05, 4.69) is 85.3 Å².